The number of hydrogen-bond acceptors (Lipinski definition) is 4. The maximum absolute atomic E-state index is 11.4. The molecule has 86 valence electrons. The molecule has 1 rings (SSSR count). The molecule has 0 radical (unpaired) electrons. The molecule has 0 spiro atoms. The van der Waals surface area contributed by atoms with Gasteiger partial charge >= 0.3 is 0 Å². The fourth-order valence-electron chi connectivity index (χ4n) is 0.921. The third-order valence-electron chi connectivity index (χ3n) is 1.75. The number of aryl methyl sites for hydroxylation is 1. The zero-order chi connectivity index (χ0) is 12.1. The molecule has 0 aliphatic heterocycles. The van der Waals surface area contributed by atoms with Gasteiger partial charge in [-0.3, -0.25) is 19.2 Å². The van der Waals surface area contributed by atoms with E-state index in [0.29, 0.717) is 0 Å². The second kappa shape index (κ2) is 5.08. The lowest BCUT2D eigenvalue weighted by atomic mass is 10.2. The minimum Gasteiger partial charge on any atom is -0.368 e. The largest absolute Gasteiger partial charge is 0.368 e. The molecular formula is C9H11N3O4. The summed E-state index contributed by atoms with van der Waals surface area (Å²) in [6, 6.07) is 2.60. The molecule has 0 aliphatic carbocycles. The second-order valence-corrected chi connectivity index (χ2v) is 3.05. The number of nitrogens with one attached hydrogen (secondary N) is 1. The van der Waals surface area contributed by atoms with Crippen LogP contribution in [0.4, 0.5) is 0 Å². The maximum Gasteiger partial charge on any atom is 0.275 e. The number of carbonyl (C=O) groups excluding carboxylic acids is 2. The van der Waals surface area contributed by atoms with Crippen LogP contribution in [0.2, 0.25) is 0 Å². The van der Waals surface area contributed by atoms with Crippen LogP contribution in [0.1, 0.15) is 10.4 Å². The molecule has 1 heterocycles. The van der Waals surface area contributed by atoms with Crippen molar-refractivity contribution in [2.24, 2.45) is 12.8 Å². The summed E-state index contributed by atoms with van der Waals surface area (Å²) in [7, 11) is 1.56. The first kappa shape index (κ1) is 11.9. The van der Waals surface area contributed by atoms with E-state index in [2.05, 4.69) is 4.84 Å². The molecule has 0 fully saturated rings. The van der Waals surface area contributed by atoms with Gasteiger partial charge < -0.3 is 10.3 Å². The Labute approximate surface area is 90.8 Å². The van der Waals surface area contributed by atoms with E-state index in [1.54, 1.807) is 7.05 Å². The van der Waals surface area contributed by atoms with Gasteiger partial charge in [0, 0.05) is 24.9 Å². The van der Waals surface area contributed by atoms with Gasteiger partial charge in [-0.2, -0.15) is 0 Å². The zero-order valence-corrected chi connectivity index (χ0v) is 8.60. The van der Waals surface area contributed by atoms with Crippen molar-refractivity contribution < 1.29 is 14.4 Å². The molecule has 1 aromatic heterocycles. The summed E-state index contributed by atoms with van der Waals surface area (Å²) in [4.78, 5) is 37.4. The van der Waals surface area contributed by atoms with Gasteiger partial charge in [0.05, 0.1) is 0 Å². The molecule has 0 atom stereocenters. The Morgan fingerprint density at radius 3 is 2.81 bits per heavy atom. The molecular weight excluding hydrogens is 214 g/mol. The van der Waals surface area contributed by atoms with E-state index >= 15 is 0 Å². The average Bonchev–Trinajstić information content (AvgIpc) is 2.21. The number of nitrogens with two attached hydrogens (primary N) is 1. The van der Waals surface area contributed by atoms with Gasteiger partial charge in [-0.1, -0.05) is 0 Å². The summed E-state index contributed by atoms with van der Waals surface area (Å²) in [6.07, 6.45) is 1.45. The number of rotatable bonds is 4. The standard InChI is InChI=1S/C9H11N3O4/c1-12-3-2-6(4-8(12)14)9(15)11-16-5-7(10)13/h2-4H,5H2,1H3,(H2,10,13)(H,11,15). The van der Waals surface area contributed by atoms with E-state index in [1.807, 2.05) is 5.48 Å². The van der Waals surface area contributed by atoms with Gasteiger partial charge in [0.15, 0.2) is 6.61 Å². The Hall–Kier alpha value is -2.15. The third-order valence-corrected chi connectivity index (χ3v) is 1.75. The van der Waals surface area contributed by atoms with Gasteiger partial charge in [0.25, 0.3) is 11.5 Å². The van der Waals surface area contributed by atoms with Gasteiger partial charge in [-0.05, 0) is 6.07 Å². The Balaban J connectivity index is 2.63. The van der Waals surface area contributed by atoms with E-state index in [9.17, 15) is 14.4 Å². The molecule has 3 N–H and O–H groups in total. The van der Waals surface area contributed by atoms with Crippen LogP contribution in [0.15, 0.2) is 23.1 Å². The summed E-state index contributed by atoms with van der Waals surface area (Å²) in [6.45, 7) is -0.420. The minimum atomic E-state index is -0.704. The van der Waals surface area contributed by atoms with E-state index in [4.69, 9.17) is 5.73 Å². The Morgan fingerprint density at radius 1 is 1.56 bits per heavy atom. The van der Waals surface area contributed by atoms with Crippen molar-refractivity contribution in [1.82, 2.24) is 10.0 Å². The monoisotopic (exact) mass is 225 g/mol. The van der Waals surface area contributed by atoms with Crippen molar-refractivity contribution in [2.75, 3.05) is 6.61 Å². The van der Waals surface area contributed by atoms with E-state index in [0.717, 1.165) is 6.07 Å². The minimum absolute atomic E-state index is 0.146. The second-order valence-electron chi connectivity index (χ2n) is 3.05. The van der Waals surface area contributed by atoms with Gasteiger partial charge in [-0.15, -0.1) is 0 Å². The van der Waals surface area contributed by atoms with Crippen LogP contribution >= 0.6 is 0 Å². The lowest BCUT2D eigenvalue weighted by Crippen LogP contribution is -2.30. The molecule has 0 aliphatic rings. The molecule has 2 amide bonds. The van der Waals surface area contributed by atoms with Crippen LogP contribution < -0.4 is 16.8 Å². The van der Waals surface area contributed by atoms with Gasteiger partial charge in [-0.25, -0.2) is 5.48 Å². The predicted molar refractivity (Wildman–Crippen MR) is 54.3 cm³/mol. The average molecular weight is 225 g/mol. The SMILES string of the molecule is Cn1ccc(C(=O)NOCC(N)=O)cc1=O. The molecule has 0 aromatic carbocycles. The highest BCUT2D eigenvalue weighted by Crippen LogP contribution is 1.93. The highest BCUT2D eigenvalue weighted by molar-refractivity contribution is 5.93. The normalized spacial score (nSPS) is 9.81. The van der Waals surface area contributed by atoms with Crippen LogP contribution in [0.25, 0.3) is 0 Å². The molecule has 0 saturated carbocycles. The highest BCUT2D eigenvalue weighted by atomic mass is 16.7. The number of hydroxylamine groups is 1. The van der Waals surface area contributed by atoms with Crippen LogP contribution in [0, 0.1) is 0 Å². The Morgan fingerprint density at radius 2 is 2.25 bits per heavy atom. The van der Waals surface area contributed by atoms with Crippen LogP contribution in [0.3, 0.4) is 0 Å². The number of pyridine rings is 1. The summed E-state index contributed by atoms with van der Waals surface area (Å²) < 4.78 is 1.32. The maximum atomic E-state index is 11.4. The van der Waals surface area contributed by atoms with E-state index in [-0.39, 0.29) is 11.1 Å². The molecule has 16 heavy (non-hydrogen) atoms. The molecule has 7 nitrogen and oxygen atoms in total. The summed E-state index contributed by atoms with van der Waals surface area (Å²) in [5.74, 6) is -1.32. The Kier molecular flexibility index (Phi) is 3.78. The lowest BCUT2D eigenvalue weighted by Gasteiger charge is -2.04. The number of aromatic nitrogens is 1. The molecule has 7 heteroatoms. The van der Waals surface area contributed by atoms with Crippen molar-refractivity contribution in [2.45, 2.75) is 0 Å². The molecule has 0 unspecified atom stereocenters. The van der Waals surface area contributed by atoms with Crippen molar-refractivity contribution in [3.63, 3.8) is 0 Å². The van der Waals surface area contributed by atoms with Crippen molar-refractivity contribution >= 4 is 11.8 Å². The predicted octanol–water partition coefficient (Wildman–Crippen LogP) is -1.47. The van der Waals surface area contributed by atoms with E-state index < -0.39 is 18.4 Å². The van der Waals surface area contributed by atoms with Crippen LogP contribution in [-0.2, 0) is 16.7 Å². The van der Waals surface area contributed by atoms with Crippen molar-refractivity contribution in [3.8, 4) is 0 Å². The summed E-state index contributed by atoms with van der Waals surface area (Å²) in [5.41, 5.74) is 6.61. The zero-order valence-electron chi connectivity index (χ0n) is 8.60. The number of amides is 2. The Bertz CT molecular complexity index is 466. The third kappa shape index (κ3) is 3.21. The topological polar surface area (TPSA) is 103 Å². The fraction of sp³-hybridized carbons (Fsp3) is 0.222. The molecule has 1 aromatic rings. The number of carbonyl (C=O) groups is 2. The first-order chi connectivity index (χ1) is 7.50. The van der Waals surface area contributed by atoms with Crippen molar-refractivity contribution in [1.29, 1.82) is 0 Å². The van der Waals surface area contributed by atoms with Crippen LogP contribution in [0.5, 0.6) is 0 Å². The lowest BCUT2D eigenvalue weighted by molar-refractivity contribution is -0.124. The number of nitrogens with zero attached hydrogens (tertiary/aromatic N) is 1. The van der Waals surface area contributed by atoms with E-state index in [1.165, 1.54) is 16.8 Å². The first-order valence-corrected chi connectivity index (χ1v) is 4.38. The summed E-state index contributed by atoms with van der Waals surface area (Å²) in [5, 5.41) is 0. The van der Waals surface area contributed by atoms with Gasteiger partial charge in [0.1, 0.15) is 0 Å². The molecule has 0 bridgehead atoms. The quantitative estimate of drug-likeness (QED) is 0.610. The number of hydrogen-bond donors (Lipinski definition) is 2. The molecule has 0 saturated heterocycles. The smallest absolute Gasteiger partial charge is 0.275 e. The van der Waals surface area contributed by atoms with Gasteiger partial charge in [0.2, 0.25) is 5.91 Å². The fourth-order valence-corrected chi connectivity index (χ4v) is 0.921. The first-order valence-electron chi connectivity index (χ1n) is 4.38. The van der Waals surface area contributed by atoms with Crippen LogP contribution in [-0.4, -0.2) is 23.0 Å². The highest BCUT2D eigenvalue weighted by Gasteiger charge is 2.06. The summed E-state index contributed by atoms with van der Waals surface area (Å²) >= 11 is 0. The number of primary amides is 1. The van der Waals surface area contributed by atoms with Crippen molar-refractivity contribution in [3.05, 3.63) is 34.2 Å².